The van der Waals surface area contributed by atoms with Crippen molar-refractivity contribution < 1.29 is 9.53 Å². The molecule has 1 atom stereocenters. The lowest BCUT2D eigenvalue weighted by Gasteiger charge is -2.28. The van der Waals surface area contributed by atoms with Gasteiger partial charge in [-0.25, -0.2) is 4.79 Å². The van der Waals surface area contributed by atoms with Crippen molar-refractivity contribution in [3.05, 3.63) is 0 Å². The Kier molecular flexibility index (Phi) is 5.30. The molecular formula is C13H27NO2. The van der Waals surface area contributed by atoms with E-state index >= 15 is 0 Å². The Morgan fingerprint density at radius 1 is 1.25 bits per heavy atom. The van der Waals surface area contributed by atoms with E-state index in [-0.39, 0.29) is 23.0 Å². The highest BCUT2D eigenvalue weighted by atomic mass is 16.5. The molecule has 0 saturated heterocycles. The molecule has 0 heterocycles. The molecule has 0 aromatic carbocycles. The Morgan fingerprint density at radius 2 is 1.75 bits per heavy atom. The van der Waals surface area contributed by atoms with E-state index in [2.05, 4.69) is 46.9 Å². The topological polar surface area (TPSA) is 38.3 Å². The molecule has 1 N–H and O–H groups in total. The second-order valence-electron chi connectivity index (χ2n) is 6.33. The van der Waals surface area contributed by atoms with Crippen LogP contribution in [-0.4, -0.2) is 18.7 Å². The number of rotatable bonds is 4. The maximum atomic E-state index is 11.5. The molecule has 0 saturated carbocycles. The molecule has 0 aliphatic rings. The minimum atomic E-state index is -0.316. The first-order valence-electron chi connectivity index (χ1n) is 6.02. The lowest BCUT2D eigenvalue weighted by molar-refractivity contribution is 0.0899. The van der Waals surface area contributed by atoms with Gasteiger partial charge in [0.2, 0.25) is 0 Å². The van der Waals surface area contributed by atoms with E-state index in [0.29, 0.717) is 6.61 Å². The van der Waals surface area contributed by atoms with E-state index in [1.165, 1.54) is 0 Å². The Morgan fingerprint density at radius 3 is 2.12 bits per heavy atom. The summed E-state index contributed by atoms with van der Waals surface area (Å²) in [5.74, 6) is 0. The molecule has 0 fully saturated rings. The number of alkyl carbamates (subject to hydrolysis) is 1. The highest BCUT2D eigenvalue weighted by Gasteiger charge is 2.23. The third-order valence-corrected chi connectivity index (χ3v) is 3.18. The van der Waals surface area contributed by atoms with Gasteiger partial charge in [-0.05, 0) is 24.2 Å². The highest BCUT2D eigenvalue weighted by Crippen LogP contribution is 2.21. The van der Waals surface area contributed by atoms with Crippen LogP contribution < -0.4 is 5.32 Å². The van der Waals surface area contributed by atoms with E-state index < -0.39 is 0 Å². The molecule has 0 aliphatic heterocycles. The first-order chi connectivity index (χ1) is 7.08. The van der Waals surface area contributed by atoms with Crippen molar-refractivity contribution in [2.24, 2.45) is 10.8 Å². The van der Waals surface area contributed by atoms with Crippen LogP contribution in [0, 0.1) is 10.8 Å². The van der Waals surface area contributed by atoms with Crippen LogP contribution in [0.1, 0.15) is 54.9 Å². The van der Waals surface area contributed by atoms with Crippen LogP contribution in [0.5, 0.6) is 0 Å². The Labute approximate surface area is 99.9 Å². The first-order valence-corrected chi connectivity index (χ1v) is 6.02. The zero-order valence-corrected chi connectivity index (χ0v) is 11.8. The molecule has 1 amide bonds. The summed E-state index contributed by atoms with van der Waals surface area (Å²) in [6, 6.07) is 0.102. The molecular weight excluding hydrogens is 202 g/mol. The number of hydrogen-bond acceptors (Lipinski definition) is 2. The van der Waals surface area contributed by atoms with Crippen LogP contribution in [-0.2, 0) is 4.74 Å². The van der Waals surface area contributed by atoms with Crippen molar-refractivity contribution in [2.75, 3.05) is 6.61 Å². The molecule has 96 valence electrons. The van der Waals surface area contributed by atoms with Crippen molar-refractivity contribution in [1.82, 2.24) is 5.32 Å². The largest absolute Gasteiger partial charge is 0.449 e. The molecule has 0 rings (SSSR count). The normalized spacial score (nSPS) is 14.4. The number of ether oxygens (including phenoxy) is 1. The van der Waals surface area contributed by atoms with Gasteiger partial charge in [0, 0.05) is 6.04 Å². The molecule has 3 nitrogen and oxygen atoms in total. The predicted octanol–water partition coefficient (Wildman–Crippen LogP) is 3.58. The second-order valence-corrected chi connectivity index (χ2v) is 6.33. The number of amides is 1. The van der Waals surface area contributed by atoms with E-state index in [1.54, 1.807) is 0 Å². The fourth-order valence-electron chi connectivity index (χ4n) is 0.798. The summed E-state index contributed by atoms with van der Waals surface area (Å²) in [5, 5.41) is 2.86. The van der Waals surface area contributed by atoms with Gasteiger partial charge in [-0.1, -0.05) is 41.5 Å². The molecule has 3 heteroatoms. The number of hydrogen-bond donors (Lipinski definition) is 1. The summed E-state index contributed by atoms with van der Waals surface area (Å²) in [7, 11) is 0. The molecule has 16 heavy (non-hydrogen) atoms. The van der Waals surface area contributed by atoms with Crippen LogP contribution in [0.4, 0.5) is 4.79 Å². The van der Waals surface area contributed by atoms with Gasteiger partial charge in [0.05, 0.1) is 6.61 Å². The van der Waals surface area contributed by atoms with Gasteiger partial charge in [-0.2, -0.15) is 0 Å². The second kappa shape index (κ2) is 5.55. The lowest BCUT2D eigenvalue weighted by atomic mass is 9.88. The van der Waals surface area contributed by atoms with Gasteiger partial charge in [-0.15, -0.1) is 0 Å². The number of carbonyl (C=O) groups excluding carboxylic acids is 1. The summed E-state index contributed by atoms with van der Waals surface area (Å²) in [5.41, 5.74) is 0.113. The Hall–Kier alpha value is -0.730. The van der Waals surface area contributed by atoms with Crippen LogP contribution in [0.15, 0.2) is 0 Å². The monoisotopic (exact) mass is 229 g/mol. The van der Waals surface area contributed by atoms with Crippen LogP contribution in [0.25, 0.3) is 0 Å². The SMILES string of the molecule is CCC(C)(C)COC(=O)NC(C)C(C)(C)C. The van der Waals surface area contributed by atoms with Gasteiger partial charge < -0.3 is 10.1 Å². The lowest BCUT2D eigenvalue weighted by Crippen LogP contribution is -2.42. The van der Waals surface area contributed by atoms with Gasteiger partial charge >= 0.3 is 6.09 Å². The Balaban J connectivity index is 4.02. The van der Waals surface area contributed by atoms with Crippen molar-refractivity contribution in [1.29, 1.82) is 0 Å². The number of nitrogens with one attached hydrogen (secondary N) is 1. The van der Waals surface area contributed by atoms with Crippen molar-refractivity contribution >= 4 is 6.09 Å². The van der Waals surface area contributed by atoms with Gasteiger partial charge in [0.1, 0.15) is 0 Å². The summed E-state index contributed by atoms with van der Waals surface area (Å²) >= 11 is 0. The molecule has 1 unspecified atom stereocenters. The third kappa shape index (κ3) is 5.99. The number of carbonyl (C=O) groups is 1. The van der Waals surface area contributed by atoms with Crippen LogP contribution in [0.3, 0.4) is 0 Å². The fraction of sp³-hybridized carbons (Fsp3) is 0.923. The molecule has 0 aromatic heterocycles. The third-order valence-electron chi connectivity index (χ3n) is 3.18. The van der Waals surface area contributed by atoms with Gasteiger partial charge in [0.15, 0.2) is 0 Å². The van der Waals surface area contributed by atoms with Crippen molar-refractivity contribution in [3.8, 4) is 0 Å². The zero-order chi connectivity index (χ0) is 13.0. The van der Waals surface area contributed by atoms with Crippen LogP contribution >= 0.6 is 0 Å². The average Bonchev–Trinajstić information content (AvgIpc) is 2.13. The average molecular weight is 229 g/mol. The highest BCUT2D eigenvalue weighted by molar-refractivity contribution is 5.67. The molecule has 0 aliphatic carbocycles. The van der Waals surface area contributed by atoms with E-state index in [1.807, 2.05) is 6.92 Å². The molecule has 0 radical (unpaired) electrons. The smallest absolute Gasteiger partial charge is 0.407 e. The first kappa shape index (κ1) is 15.3. The summed E-state index contributed by atoms with van der Waals surface area (Å²) < 4.78 is 5.21. The van der Waals surface area contributed by atoms with Crippen LogP contribution in [0.2, 0.25) is 0 Å². The molecule has 0 aromatic rings. The molecule has 0 bridgehead atoms. The van der Waals surface area contributed by atoms with E-state index in [9.17, 15) is 4.79 Å². The van der Waals surface area contributed by atoms with E-state index in [0.717, 1.165) is 6.42 Å². The summed E-state index contributed by atoms with van der Waals surface area (Å²) in [4.78, 5) is 11.5. The minimum Gasteiger partial charge on any atom is -0.449 e. The van der Waals surface area contributed by atoms with Crippen molar-refractivity contribution in [2.45, 2.75) is 60.9 Å². The quantitative estimate of drug-likeness (QED) is 0.800. The summed E-state index contributed by atoms with van der Waals surface area (Å²) in [6.45, 7) is 15.0. The maximum absolute atomic E-state index is 11.5. The standard InChI is InChI=1S/C13H27NO2/c1-8-13(6,7)9-16-11(15)14-10(2)12(3,4)5/h10H,8-9H2,1-7H3,(H,14,15). The fourth-order valence-corrected chi connectivity index (χ4v) is 0.798. The predicted molar refractivity (Wildman–Crippen MR) is 67.5 cm³/mol. The van der Waals surface area contributed by atoms with Gasteiger partial charge in [0.25, 0.3) is 0 Å². The zero-order valence-electron chi connectivity index (χ0n) is 11.8. The minimum absolute atomic E-state index is 0.0549. The van der Waals surface area contributed by atoms with Gasteiger partial charge in [-0.3, -0.25) is 0 Å². The Bertz CT molecular complexity index is 229. The maximum Gasteiger partial charge on any atom is 0.407 e. The summed E-state index contributed by atoms with van der Waals surface area (Å²) in [6.07, 6.45) is 0.679. The van der Waals surface area contributed by atoms with E-state index in [4.69, 9.17) is 4.74 Å². The molecule has 0 spiro atoms. The van der Waals surface area contributed by atoms with Crippen molar-refractivity contribution in [3.63, 3.8) is 0 Å².